The number of hydrogen-bond acceptors (Lipinski definition) is 6. The van der Waals surface area contributed by atoms with Gasteiger partial charge in [-0.25, -0.2) is 9.07 Å². The van der Waals surface area contributed by atoms with Gasteiger partial charge in [0.2, 0.25) is 11.1 Å². The van der Waals surface area contributed by atoms with Crippen LogP contribution in [0.15, 0.2) is 29.4 Å². The van der Waals surface area contributed by atoms with Crippen molar-refractivity contribution in [2.45, 2.75) is 11.8 Å². The standard InChI is InChI=1S/C14H14FN5O2S/c1-2-7-17-13(21)9-23-14-19-18-12(20(14)16)8-22-11-5-3-10(15)4-6-11/h1,3-6H,7-9,16H2,(H,17,21). The van der Waals surface area contributed by atoms with Crippen LogP contribution in [-0.2, 0) is 11.4 Å². The summed E-state index contributed by atoms with van der Waals surface area (Å²) >= 11 is 1.13. The highest BCUT2D eigenvalue weighted by molar-refractivity contribution is 7.99. The van der Waals surface area contributed by atoms with Crippen LogP contribution in [0, 0.1) is 18.2 Å². The maximum Gasteiger partial charge on any atom is 0.231 e. The van der Waals surface area contributed by atoms with Crippen LogP contribution in [-0.4, -0.2) is 33.1 Å². The minimum Gasteiger partial charge on any atom is -0.486 e. The highest BCUT2D eigenvalue weighted by atomic mass is 32.2. The summed E-state index contributed by atoms with van der Waals surface area (Å²) < 4.78 is 19.5. The van der Waals surface area contributed by atoms with Gasteiger partial charge in [-0.05, 0) is 24.3 Å². The lowest BCUT2D eigenvalue weighted by atomic mass is 10.3. The van der Waals surface area contributed by atoms with E-state index >= 15 is 0 Å². The molecule has 0 spiro atoms. The maximum absolute atomic E-state index is 12.8. The summed E-state index contributed by atoms with van der Waals surface area (Å²) in [5.74, 6) is 8.57. The Kier molecular flexibility index (Phi) is 5.82. The van der Waals surface area contributed by atoms with E-state index in [-0.39, 0.29) is 30.6 Å². The molecule has 0 fully saturated rings. The molecule has 0 radical (unpaired) electrons. The quantitative estimate of drug-likeness (QED) is 0.436. The fraction of sp³-hybridized carbons (Fsp3) is 0.214. The van der Waals surface area contributed by atoms with E-state index in [0.717, 1.165) is 11.8 Å². The van der Waals surface area contributed by atoms with Gasteiger partial charge in [0, 0.05) is 0 Å². The summed E-state index contributed by atoms with van der Waals surface area (Å²) in [6, 6.07) is 5.58. The molecule has 0 aliphatic carbocycles. The Bertz CT molecular complexity index is 711. The van der Waals surface area contributed by atoms with Crippen LogP contribution in [0.4, 0.5) is 4.39 Å². The van der Waals surface area contributed by atoms with Crippen molar-refractivity contribution in [3.8, 4) is 18.1 Å². The van der Waals surface area contributed by atoms with E-state index in [0.29, 0.717) is 16.7 Å². The molecule has 7 nitrogen and oxygen atoms in total. The van der Waals surface area contributed by atoms with Crippen molar-refractivity contribution in [3.05, 3.63) is 35.9 Å². The van der Waals surface area contributed by atoms with Crippen molar-refractivity contribution in [2.24, 2.45) is 0 Å². The minimum absolute atomic E-state index is 0.0684. The van der Waals surface area contributed by atoms with E-state index < -0.39 is 0 Å². The number of thioether (sulfide) groups is 1. The number of carbonyl (C=O) groups is 1. The van der Waals surface area contributed by atoms with Crippen molar-refractivity contribution in [2.75, 3.05) is 18.1 Å². The van der Waals surface area contributed by atoms with Gasteiger partial charge in [-0.2, -0.15) is 0 Å². The van der Waals surface area contributed by atoms with Gasteiger partial charge in [-0.1, -0.05) is 17.7 Å². The van der Waals surface area contributed by atoms with Crippen LogP contribution in [0.2, 0.25) is 0 Å². The third kappa shape index (κ3) is 4.89. The van der Waals surface area contributed by atoms with E-state index in [9.17, 15) is 9.18 Å². The SMILES string of the molecule is C#CCNC(=O)CSc1nnc(COc2ccc(F)cc2)n1N. The van der Waals surface area contributed by atoms with E-state index in [1.807, 2.05) is 0 Å². The van der Waals surface area contributed by atoms with E-state index in [1.165, 1.54) is 28.9 Å². The lowest BCUT2D eigenvalue weighted by Gasteiger charge is -2.06. The monoisotopic (exact) mass is 335 g/mol. The van der Waals surface area contributed by atoms with Crippen molar-refractivity contribution in [3.63, 3.8) is 0 Å². The Labute approximate surface area is 136 Å². The van der Waals surface area contributed by atoms with E-state index in [2.05, 4.69) is 21.4 Å². The predicted molar refractivity (Wildman–Crippen MR) is 83.5 cm³/mol. The Balaban J connectivity index is 1.87. The van der Waals surface area contributed by atoms with Gasteiger partial charge in [0.15, 0.2) is 5.82 Å². The van der Waals surface area contributed by atoms with Gasteiger partial charge in [0.1, 0.15) is 18.2 Å². The van der Waals surface area contributed by atoms with Crippen molar-refractivity contribution in [1.82, 2.24) is 20.2 Å². The molecule has 23 heavy (non-hydrogen) atoms. The number of aromatic nitrogens is 3. The zero-order chi connectivity index (χ0) is 16.7. The molecule has 0 aliphatic heterocycles. The Morgan fingerprint density at radius 3 is 2.87 bits per heavy atom. The Morgan fingerprint density at radius 1 is 1.43 bits per heavy atom. The molecule has 0 bridgehead atoms. The molecule has 1 amide bonds. The molecule has 120 valence electrons. The number of rotatable bonds is 7. The summed E-state index contributed by atoms with van der Waals surface area (Å²) in [6.45, 7) is 0.241. The molecule has 2 rings (SSSR count). The van der Waals surface area contributed by atoms with Gasteiger partial charge >= 0.3 is 0 Å². The first-order valence-corrected chi connectivity index (χ1v) is 7.49. The minimum atomic E-state index is -0.346. The first kappa shape index (κ1) is 16.6. The highest BCUT2D eigenvalue weighted by Gasteiger charge is 2.12. The van der Waals surface area contributed by atoms with Crippen LogP contribution < -0.4 is 15.9 Å². The zero-order valence-electron chi connectivity index (χ0n) is 12.0. The second kappa shape index (κ2) is 8.05. The average Bonchev–Trinajstić information content (AvgIpc) is 2.90. The topological polar surface area (TPSA) is 95.1 Å². The van der Waals surface area contributed by atoms with Gasteiger partial charge in [-0.15, -0.1) is 16.6 Å². The van der Waals surface area contributed by atoms with E-state index in [4.69, 9.17) is 17.0 Å². The summed E-state index contributed by atoms with van der Waals surface area (Å²) in [6.07, 6.45) is 5.05. The molecule has 0 atom stereocenters. The van der Waals surface area contributed by atoms with Gasteiger partial charge in [0.05, 0.1) is 12.3 Å². The largest absolute Gasteiger partial charge is 0.486 e. The number of benzene rings is 1. The molecule has 0 aliphatic rings. The average molecular weight is 335 g/mol. The number of amides is 1. The molecular formula is C14H14FN5O2S. The van der Waals surface area contributed by atoms with Gasteiger partial charge < -0.3 is 15.9 Å². The first-order valence-electron chi connectivity index (χ1n) is 6.51. The summed E-state index contributed by atoms with van der Waals surface area (Å²) in [7, 11) is 0. The summed E-state index contributed by atoms with van der Waals surface area (Å²) in [5, 5.41) is 10.7. The van der Waals surface area contributed by atoms with Crippen molar-refractivity contribution < 1.29 is 13.9 Å². The summed E-state index contributed by atoms with van der Waals surface area (Å²) in [5.41, 5.74) is 0. The fourth-order valence-electron chi connectivity index (χ4n) is 1.51. The number of nitrogens with zero attached hydrogens (tertiary/aromatic N) is 3. The predicted octanol–water partition coefficient (Wildman–Crippen LogP) is 0.552. The van der Waals surface area contributed by atoms with Crippen molar-refractivity contribution in [1.29, 1.82) is 0 Å². The molecule has 3 N–H and O–H groups in total. The second-order valence-electron chi connectivity index (χ2n) is 4.28. The number of hydrogen-bond donors (Lipinski definition) is 2. The fourth-order valence-corrected chi connectivity index (χ4v) is 2.22. The molecule has 0 unspecified atom stereocenters. The number of nitrogens with one attached hydrogen (secondary N) is 1. The number of ether oxygens (including phenoxy) is 1. The first-order chi connectivity index (χ1) is 11.1. The highest BCUT2D eigenvalue weighted by Crippen LogP contribution is 2.16. The van der Waals surface area contributed by atoms with Crippen LogP contribution >= 0.6 is 11.8 Å². The number of terminal acetylenes is 1. The van der Waals surface area contributed by atoms with Crippen molar-refractivity contribution >= 4 is 17.7 Å². The normalized spacial score (nSPS) is 10.1. The van der Waals surface area contributed by atoms with Crippen LogP contribution in [0.1, 0.15) is 5.82 Å². The molecular weight excluding hydrogens is 321 g/mol. The molecule has 1 heterocycles. The van der Waals surface area contributed by atoms with E-state index in [1.54, 1.807) is 0 Å². The summed E-state index contributed by atoms with van der Waals surface area (Å²) in [4.78, 5) is 11.5. The van der Waals surface area contributed by atoms with Gasteiger partial charge in [-0.3, -0.25) is 4.79 Å². The smallest absolute Gasteiger partial charge is 0.231 e. The Hall–Kier alpha value is -2.73. The van der Waals surface area contributed by atoms with Crippen LogP contribution in [0.25, 0.3) is 0 Å². The second-order valence-corrected chi connectivity index (χ2v) is 5.22. The third-order valence-electron chi connectivity index (χ3n) is 2.64. The van der Waals surface area contributed by atoms with Crippen LogP contribution in [0.3, 0.4) is 0 Å². The molecule has 1 aromatic carbocycles. The number of nitrogen functional groups attached to an aromatic ring is 1. The number of halogens is 1. The molecule has 1 aromatic heterocycles. The lowest BCUT2D eigenvalue weighted by molar-refractivity contribution is -0.118. The molecule has 0 saturated heterocycles. The zero-order valence-corrected chi connectivity index (χ0v) is 12.8. The third-order valence-corrected chi connectivity index (χ3v) is 3.58. The number of nitrogens with two attached hydrogens (primary N) is 1. The van der Waals surface area contributed by atoms with Gasteiger partial charge in [0.25, 0.3) is 0 Å². The van der Waals surface area contributed by atoms with Crippen LogP contribution in [0.5, 0.6) is 5.75 Å². The lowest BCUT2D eigenvalue weighted by Crippen LogP contribution is -2.25. The molecule has 2 aromatic rings. The Morgan fingerprint density at radius 2 is 2.17 bits per heavy atom. The number of carbonyl (C=O) groups excluding carboxylic acids is 1. The maximum atomic E-state index is 12.8. The molecule has 9 heteroatoms. The molecule has 0 saturated carbocycles.